The Morgan fingerprint density at radius 3 is 2.09 bits per heavy atom. The van der Waals surface area contributed by atoms with E-state index in [0.717, 1.165) is 23.5 Å². The number of nitrogens with two attached hydrogens (primary N) is 1. The van der Waals surface area contributed by atoms with Gasteiger partial charge >= 0.3 is 6.18 Å². The van der Waals surface area contributed by atoms with E-state index in [-0.39, 0.29) is 23.2 Å². The molecule has 0 radical (unpaired) electrons. The maximum atomic E-state index is 12.9. The molecular weight excluding hydrogens is 309 g/mol. The van der Waals surface area contributed by atoms with Gasteiger partial charge < -0.3 is 5.73 Å². The standard InChI is InChI=1S/C16H13F3N2O2/c17-16(18,19)9-4-10(20)6-11(5-9)21-14(22)12-7-1-2-8(3-7)13(12)15(21)23/h1-2,4-8,12-13H,3,20H2/t7-,8+,12-,13+. The molecular formula is C16H13F3N2O2. The predicted molar refractivity (Wildman–Crippen MR) is 76.1 cm³/mol. The normalized spacial score (nSPS) is 32.0. The van der Waals surface area contributed by atoms with Gasteiger partial charge in [0, 0.05) is 5.69 Å². The van der Waals surface area contributed by atoms with E-state index in [1.165, 1.54) is 6.07 Å². The second-order valence-electron chi connectivity index (χ2n) is 6.32. The topological polar surface area (TPSA) is 63.4 Å². The summed E-state index contributed by atoms with van der Waals surface area (Å²) >= 11 is 0. The minimum Gasteiger partial charge on any atom is -0.399 e. The summed E-state index contributed by atoms with van der Waals surface area (Å²) < 4.78 is 38.8. The minimum atomic E-state index is -4.59. The highest BCUT2D eigenvalue weighted by Crippen LogP contribution is 2.53. The van der Waals surface area contributed by atoms with Crippen LogP contribution < -0.4 is 10.6 Å². The molecule has 4 rings (SSSR count). The first kappa shape index (κ1) is 14.3. The Hall–Kier alpha value is -2.31. The number of carbonyl (C=O) groups excluding carboxylic acids is 2. The predicted octanol–water partition coefficient (Wildman–Crippen LogP) is 2.60. The fraction of sp³-hybridized carbons (Fsp3) is 0.375. The minimum absolute atomic E-state index is 0.00888. The molecule has 4 atom stereocenters. The molecule has 1 heterocycles. The van der Waals surface area contributed by atoms with Crippen LogP contribution in [0, 0.1) is 23.7 Å². The average Bonchev–Trinajstić information content (AvgIpc) is 3.11. The number of benzene rings is 1. The van der Waals surface area contributed by atoms with Crippen LogP contribution in [0.5, 0.6) is 0 Å². The molecule has 1 saturated carbocycles. The summed E-state index contributed by atoms with van der Waals surface area (Å²) in [5, 5.41) is 0. The summed E-state index contributed by atoms with van der Waals surface area (Å²) in [6, 6.07) is 2.84. The zero-order valence-corrected chi connectivity index (χ0v) is 11.9. The Kier molecular flexibility index (Phi) is 2.71. The SMILES string of the molecule is Nc1cc(N2C(=O)[C@@H]3[C@H](C2=O)[C@@H]2C=C[C@H]3C2)cc(C(F)(F)F)c1. The highest BCUT2D eigenvalue weighted by atomic mass is 19.4. The van der Waals surface area contributed by atoms with Crippen molar-refractivity contribution in [3.8, 4) is 0 Å². The molecule has 4 nitrogen and oxygen atoms in total. The fourth-order valence-corrected chi connectivity index (χ4v) is 4.08. The largest absolute Gasteiger partial charge is 0.416 e. The van der Waals surface area contributed by atoms with Crippen LogP contribution in [0.25, 0.3) is 0 Å². The van der Waals surface area contributed by atoms with E-state index in [1.807, 2.05) is 12.2 Å². The van der Waals surface area contributed by atoms with Gasteiger partial charge in [-0.05, 0) is 36.5 Å². The molecule has 2 bridgehead atoms. The molecule has 0 unspecified atom stereocenters. The molecule has 1 aromatic rings. The summed E-state index contributed by atoms with van der Waals surface area (Å²) in [4.78, 5) is 26.1. The van der Waals surface area contributed by atoms with Crippen molar-refractivity contribution in [2.24, 2.45) is 23.7 Å². The number of hydrogen-bond donors (Lipinski definition) is 1. The van der Waals surface area contributed by atoms with Gasteiger partial charge in [-0.2, -0.15) is 13.2 Å². The number of rotatable bonds is 1. The molecule has 0 aromatic heterocycles. The van der Waals surface area contributed by atoms with Crippen LogP contribution in [0.2, 0.25) is 0 Å². The third-order valence-electron chi connectivity index (χ3n) is 5.00. The smallest absolute Gasteiger partial charge is 0.399 e. The summed E-state index contributed by atoms with van der Waals surface area (Å²) in [6.45, 7) is 0. The number of nitrogen functional groups attached to an aromatic ring is 1. The van der Waals surface area contributed by atoms with Crippen LogP contribution in [0.3, 0.4) is 0 Å². The zero-order valence-electron chi connectivity index (χ0n) is 11.9. The number of amides is 2. The first-order valence-corrected chi connectivity index (χ1v) is 7.31. The lowest BCUT2D eigenvalue weighted by atomic mass is 9.85. The van der Waals surface area contributed by atoms with Gasteiger partial charge in [0.05, 0.1) is 23.1 Å². The van der Waals surface area contributed by atoms with Crippen molar-refractivity contribution in [2.45, 2.75) is 12.6 Å². The molecule has 2 N–H and O–H groups in total. The summed E-state index contributed by atoms with van der Waals surface area (Å²) in [7, 11) is 0. The number of carbonyl (C=O) groups is 2. The summed E-state index contributed by atoms with van der Waals surface area (Å²) in [5.74, 6) is -1.73. The highest BCUT2D eigenvalue weighted by molar-refractivity contribution is 6.23. The lowest BCUT2D eigenvalue weighted by Crippen LogP contribution is -2.33. The number of alkyl halides is 3. The van der Waals surface area contributed by atoms with E-state index in [4.69, 9.17) is 5.73 Å². The van der Waals surface area contributed by atoms with E-state index in [2.05, 4.69) is 0 Å². The van der Waals surface area contributed by atoms with Crippen molar-refractivity contribution >= 4 is 23.2 Å². The Bertz CT molecular complexity index is 726. The first-order chi connectivity index (χ1) is 10.8. The third-order valence-corrected chi connectivity index (χ3v) is 5.00. The maximum absolute atomic E-state index is 12.9. The van der Waals surface area contributed by atoms with Gasteiger partial charge in [-0.15, -0.1) is 0 Å². The van der Waals surface area contributed by atoms with Crippen molar-refractivity contribution < 1.29 is 22.8 Å². The third kappa shape index (κ3) is 1.92. The lowest BCUT2D eigenvalue weighted by Gasteiger charge is -2.19. The van der Waals surface area contributed by atoms with Crippen LogP contribution in [-0.4, -0.2) is 11.8 Å². The van der Waals surface area contributed by atoms with Crippen LogP contribution in [0.4, 0.5) is 24.5 Å². The molecule has 120 valence electrons. The van der Waals surface area contributed by atoms with Gasteiger partial charge in [0.25, 0.3) is 0 Å². The van der Waals surface area contributed by atoms with Crippen LogP contribution in [0.1, 0.15) is 12.0 Å². The van der Waals surface area contributed by atoms with Crippen molar-refractivity contribution in [3.63, 3.8) is 0 Å². The Morgan fingerprint density at radius 1 is 1.00 bits per heavy atom. The Morgan fingerprint density at radius 2 is 1.57 bits per heavy atom. The first-order valence-electron chi connectivity index (χ1n) is 7.31. The maximum Gasteiger partial charge on any atom is 0.416 e. The molecule has 2 aliphatic carbocycles. The monoisotopic (exact) mass is 322 g/mol. The molecule has 1 aliphatic heterocycles. The molecule has 3 aliphatic rings. The van der Waals surface area contributed by atoms with E-state index in [1.54, 1.807) is 0 Å². The highest BCUT2D eigenvalue weighted by Gasteiger charge is 2.59. The lowest BCUT2D eigenvalue weighted by molar-refractivity contribution is -0.137. The quantitative estimate of drug-likeness (QED) is 0.491. The van der Waals surface area contributed by atoms with E-state index < -0.39 is 35.4 Å². The second kappa shape index (κ2) is 4.37. The summed E-state index contributed by atoms with van der Waals surface area (Å²) in [5.41, 5.74) is 4.34. The zero-order chi connectivity index (χ0) is 16.5. The van der Waals surface area contributed by atoms with Gasteiger partial charge in [0.15, 0.2) is 0 Å². The van der Waals surface area contributed by atoms with Gasteiger partial charge in [0.2, 0.25) is 11.8 Å². The average molecular weight is 322 g/mol. The number of allylic oxidation sites excluding steroid dienone is 2. The molecule has 1 saturated heterocycles. The van der Waals surface area contributed by atoms with Crippen LogP contribution in [0.15, 0.2) is 30.4 Å². The van der Waals surface area contributed by atoms with Crippen molar-refractivity contribution in [1.29, 1.82) is 0 Å². The molecule has 2 fully saturated rings. The molecule has 7 heteroatoms. The number of halogens is 3. The second-order valence-corrected chi connectivity index (χ2v) is 6.32. The van der Waals surface area contributed by atoms with Crippen LogP contribution in [-0.2, 0) is 15.8 Å². The fourth-order valence-electron chi connectivity index (χ4n) is 4.08. The van der Waals surface area contributed by atoms with Gasteiger partial charge in [-0.25, -0.2) is 4.90 Å². The molecule has 0 spiro atoms. The molecule has 1 aromatic carbocycles. The van der Waals surface area contributed by atoms with E-state index in [0.29, 0.717) is 0 Å². The number of hydrogen-bond acceptors (Lipinski definition) is 3. The van der Waals surface area contributed by atoms with E-state index >= 15 is 0 Å². The molecule has 2 amide bonds. The van der Waals surface area contributed by atoms with Crippen LogP contribution >= 0.6 is 0 Å². The van der Waals surface area contributed by atoms with Crippen molar-refractivity contribution in [3.05, 3.63) is 35.9 Å². The molecule has 23 heavy (non-hydrogen) atoms. The number of imide groups is 1. The van der Waals surface area contributed by atoms with Gasteiger partial charge in [-0.3, -0.25) is 9.59 Å². The van der Waals surface area contributed by atoms with Crippen molar-refractivity contribution in [1.82, 2.24) is 0 Å². The summed E-state index contributed by atoms with van der Waals surface area (Å²) in [6.07, 6.45) is 0.0415. The Labute approximate surface area is 129 Å². The van der Waals surface area contributed by atoms with Gasteiger partial charge in [0.1, 0.15) is 0 Å². The number of anilines is 2. The van der Waals surface area contributed by atoms with Gasteiger partial charge in [-0.1, -0.05) is 12.2 Å². The Balaban J connectivity index is 1.76. The number of nitrogens with zero attached hydrogens (tertiary/aromatic N) is 1. The van der Waals surface area contributed by atoms with E-state index in [9.17, 15) is 22.8 Å². The number of fused-ring (bicyclic) bond motifs is 5. The van der Waals surface area contributed by atoms with Crippen molar-refractivity contribution in [2.75, 3.05) is 10.6 Å².